The smallest absolute Gasteiger partial charge is 0.243 e. The van der Waals surface area contributed by atoms with Crippen LogP contribution < -0.4 is 0 Å². The fourth-order valence-corrected chi connectivity index (χ4v) is 1.10. The molecule has 0 aromatic carbocycles. The maximum atomic E-state index is 12.3. The molecule has 0 saturated carbocycles. The Morgan fingerprint density at radius 2 is 2.13 bits per heavy atom. The lowest BCUT2D eigenvalue weighted by Crippen LogP contribution is -2.07. The van der Waals surface area contributed by atoms with Crippen molar-refractivity contribution in [3.8, 4) is 6.07 Å². The quantitative estimate of drug-likeness (QED) is 0.550. The Kier molecular flexibility index (Phi) is 3.32. The molecule has 2 nitrogen and oxygen atoms in total. The van der Waals surface area contributed by atoms with E-state index in [1.807, 2.05) is 0 Å². The molecule has 0 aliphatic carbocycles. The molecule has 6 heteroatoms. The number of rotatable bonds is 1. The summed E-state index contributed by atoms with van der Waals surface area (Å²) in [5, 5.41) is 7.61. The number of halogens is 4. The van der Waals surface area contributed by atoms with Gasteiger partial charge >= 0.3 is 6.18 Å². The summed E-state index contributed by atoms with van der Waals surface area (Å²) in [6, 6.07) is 2.50. The molecule has 15 heavy (non-hydrogen) atoms. The van der Waals surface area contributed by atoms with E-state index < -0.39 is 16.9 Å². The van der Waals surface area contributed by atoms with Gasteiger partial charge in [-0.2, -0.15) is 18.4 Å². The lowest BCUT2D eigenvalue weighted by Gasteiger charge is -2.08. The molecule has 0 spiro atoms. The zero-order valence-electron chi connectivity index (χ0n) is 7.22. The minimum absolute atomic E-state index is 0.174. The van der Waals surface area contributed by atoms with Gasteiger partial charge in [-0.1, -0.05) is 11.6 Å². The normalized spacial score (nSPS) is 11.7. The summed E-state index contributed by atoms with van der Waals surface area (Å²) in [4.78, 5) is 3.38. The lowest BCUT2D eigenvalue weighted by atomic mass is 10.2. The highest BCUT2D eigenvalue weighted by molar-refractivity contribution is 6.30. The fourth-order valence-electron chi connectivity index (χ4n) is 0.888. The monoisotopic (exact) mass is 232 g/mol. The van der Waals surface area contributed by atoms with Crippen LogP contribution in [0.5, 0.6) is 0 Å². The summed E-state index contributed by atoms with van der Waals surface area (Å²) in [6.45, 7) is 0. The second-order valence-corrected chi connectivity index (χ2v) is 2.93. The van der Waals surface area contributed by atoms with Gasteiger partial charge in [-0.05, 0) is 17.7 Å². The van der Waals surface area contributed by atoms with Gasteiger partial charge < -0.3 is 0 Å². The van der Waals surface area contributed by atoms with Crippen LogP contribution >= 0.6 is 11.6 Å². The second kappa shape index (κ2) is 4.32. The highest BCUT2D eigenvalue weighted by Gasteiger charge is 2.33. The van der Waals surface area contributed by atoms with Crippen molar-refractivity contribution in [2.75, 3.05) is 0 Å². The average molecular weight is 233 g/mol. The highest BCUT2D eigenvalue weighted by atomic mass is 35.5. The van der Waals surface area contributed by atoms with Crippen LogP contribution in [0.4, 0.5) is 13.2 Å². The summed E-state index contributed by atoms with van der Waals surface area (Å²) in [5.41, 5.74) is -0.836. The highest BCUT2D eigenvalue weighted by Crippen LogP contribution is 2.33. The number of alkyl halides is 3. The molecular weight excluding hydrogens is 229 g/mol. The Hall–Kier alpha value is -1.54. The predicted molar refractivity (Wildman–Crippen MR) is 48.9 cm³/mol. The third-order valence-corrected chi connectivity index (χ3v) is 1.82. The van der Waals surface area contributed by atoms with Gasteiger partial charge in [0, 0.05) is 12.3 Å². The van der Waals surface area contributed by atoms with Crippen molar-refractivity contribution in [2.24, 2.45) is 0 Å². The van der Waals surface area contributed by atoms with Gasteiger partial charge in [-0.15, -0.1) is 0 Å². The third-order valence-electron chi connectivity index (χ3n) is 1.52. The van der Waals surface area contributed by atoms with E-state index in [1.54, 1.807) is 6.07 Å². The van der Waals surface area contributed by atoms with E-state index in [0.717, 1.165) is 18.3 Å². The summed E-state index contributed by atoms with van der Waals surface area (Å²) in [7, 11) is 0. The molecule has 78 valence electrons. The minimum Gasteiger partial charge on any atom is -0.243 e. The van der Waals surface area contributed by atoms with Gasteiger partial charge in [0.05, 0.1) is 11.6 Å². The SMILES string of the molecule is N#CC=Cc1cnc(Cl)c(C(F)(F)F)c1. The molecule has 1 heterocycles. The minimum atomic E-state index is -4.54. The Labute approximate surface area is 88.6 Å². The van der Waals surface area contributed by atoms with E-state index in [1.165, 1.54) is 6.08 Å². The van der Waals surface area contributed by atoms with E-state index in [9.17, 15) is 13.2 Å². The Morgan fingerprint density at radius 1 is 1.47 bits per heavy atom. The zero-order chi connectivity index (χ0) is 11.5. The molecule has 1 aromatic heterocycles. The Morgan fingerprint density at radius 3 is 2.67 bits per heavy atom. The van der Waals surface area contributed by atoms with E-state index in [0.29, 0.717) is 0 Å². The second-order valence-electron chi connectivity index (χ2n) is 2.57. The Balaban J connectivity index is 3.18. The van der Waals surface area contributed by atoms with Crippen LogP contribution in [0.15, 0.2) is 18.3 Å². The van der Waals surface area contributed by atoms with Crippen molar-refractivity contribution >= 4 is 17.7 Å². The Bertz CT molecular complexity index is 432. The number of pyridine rings is 1. The van der Waals surface area contributed by atoms with Crippen LogP contribution in [0.3, 0.4) is 0 Å². The molecule has 1 aromatic rings. The topological polar surface area (TPSA) is 36.7 Å². The molecule has 0 fully saturated rings. The maximum Gasteiger partial charge on any atom is 0.419 e. The van der Waals surface area contributed by atoms with Crippen LogP contribution in [0.1, 0.15) is 11.1 Å². The van der Waals surface area contributed by atoms with Crippen molar-refractivity contribution < 1.29 is 13.2 Å². The van der Waals surface area contributed by atoms with Gasteiger partial charge in [-0.25, -0.2) is 4.98 Å². The molecule has 0 saturated heterocycles. The van der Waals surface area contributed by atoms with Gasteiger partial charge in [-0.3, -0.25) is 0 Å². The number of nitrogens with zero attached hydrogens (tertiary/aromatic N) is 2. The van der Waals surface area contributed by atoms with Crippen LogP contribution in [0.25, 0.3) is 6.08 Å². The van der Waals surface area contributed by atoms with E-state index in [-0.39, 0.29) is 5.56 Å². The molecule has 0 atom stereocenters. The molecule has 0 amide bonds. The lowest BCUT2D eigenvalue weighted by molar-refractivity contribution is -0.137. The van der Waals surface area contributed by atoms with Gasteiger partial charge in [0.2, 0.25) is 0 Å². The number of hydrogen-bond acceptors (Lipinski definition) is 2. The summed E-state index contributed by atoms with van der Waals surface area (Å²) >= 11 is 5.29. The first kappa shape index (κ1) is 11.5. The molecule has 0 unspecified atom stereocenters. The third kappa shape index (κ3) is 2.96. The number of nitriles is 1. The predicted octanol–water partition coefficient (Wildman–Crippen LogP) is 3.29. The van der Waals surface area contributed by atoms with Crippen molar-refractivity contribution in [1.29, 1.82) is 5.26 Å². The molecule has 0 radical (unpaired) electrons. The molecule has 0 bridgehead atoms. The first-order valence-electron chi connectivity index (χ1n) is 3.74. The van der Waals surface area contributed by atoms with Crippen molar-refractivity contribution in [2.45, 2.75) is 6.18 Å². The van der Waals surface area contributed by atoms with Gasteiger partial charge in [0.15, 0.2) is 0 Å². The molecule has 0 aliphatic heterocycles. The van der Waals surface area contributed by atoms with Crippen molar-refractivity contribution in [3.05, 3.63) is 34.6 Å². The fraction of sp³-hybridized carbons (Fsp3) is 0.111. The van der Waals surface area contributed by atoms with Crippen LogP contribution in [-0.2, 0) is 6.18 Å². The van der Waals surface area contributed by atoms with E-state index in [4.69, 9.17) is 16.9 Å². The average Bonchev–Trinajstić information content (AvgIpc) is 2.15. The van der Waals surface area contributed by atoms with E-state index in [2.05, 4.69) is 4.98 Å². The largest absolute Gasteiger partial charge is 0.419 e. The first-order valence-corrected chi connectivity index (χ1v) is 4.12. The number of hydrogen-bond donors (Lipinski definition) is 0. The molecule has 0 aliphatic rings. The molecule has 1 rings (SSSR count). The maximum absolute atomic E-state index is 12.3. The standard InChI is InChI=1S/C9H4ClF3N2/c10-8-7(9(11,12)13)4-6(5-15-8)2-1-3-14/h1-2,4-5H. The first-order chi connectivity index (χ1) is 6.95. The van der Waals surface area contributed by atoms with Crippen molar-refractivity contribution in [1.82, 2.24) is 4.98 Å². The molecule has 0 N–H and O–H groups in total. The van der Waals surface area contributed by atoms with E-state index >= 15 is 0 Å². The number of allylic oxidation sites excluding steroid dienone is 1. The van der Waals surface area contributed by atoms with Crippen LogP contribution in [-0.4, -0.2) is 4.98 Å². The van der Waals surface area contributed by atoms with Crippen LogP contribution in [0.2, 0.25) is 5.15 Å². The summed E-state index contributed by atoms with van der Waals surface area (Å²) < 4.78 is 37.0. The van der Waals surface area contributed by atoms with Gasteiger partial charge in [0.25, 0.3) is 0 Å². The summed E-state index contributed by atoms with van der Waals surface area (Å²) in [6.07, 6.45) is -1.10. The number of aromatic nitrogens is 1. The molecular formula is C9H4ClF3N2. The van der Waals surface area contributed by atoms with Crippen LogP contribution in [0, 0.1) is 11.3 Å². The zero-order valence-corrected chi connectivity index (χ0v) is 7.97. The van der Waals surface area contributed by atoms with Gasteiger partial charge in [0.1, 0.15) is 5.15 Å². The summed E-state index contributed by atoms with van der Waals surface area (Å²) in [5.74, 6) is 0. The van der Waals surface area contributed by atoms with Crippen molar-refractivity contribution in [3.63, 3.8) is 0 Å².